The van der Waals surface area contributed by atoms with E-state index in [4.69, 9.17) is 0 Å². The first-order chi connectivity index (χ1) is 13.3. The van der Waals surface area contributed by atoms with Gasteiger partial charge >= 0.3 is 0 Å². The minimum absolute atomic E-state index is 0.0163. The molecule has 0 saturated carbocycles. The lowest BCUT2D eigenvalue weighted by atomic mass is 10.1. The van der Waals surface area contributed by atoms with Gasteiger partial charge in [-0.1, -0.05) is 29.8 Å². The number of thiophene rings is 1. The molecule has 4 nitrogen and oxygen atoms in total. The third-order valence-corrected chi connectivity index (χ3v) is 8.02. The molecule has 3 aromatic rings. The molecule has 2 aromatic carbocycles. The third-order valence-electron chi connectivity index (χ3n) is 4.80. The van der Waals surface area contributed by atoms with Crippen LogP contribution in [0.3, 0.4) is 0 Å². The topological polar surface area (TPSA) is 63.2 Å². The molecule has 3 rings (SSSR count). The van der Waals surface area contributed by atoms with Gasteiger partial charge in [0.1, 0.15) is 5.25 Å². The summed E-state index contributed by atoms with van der Waals surface area (Å²) in [6.45, 7) is 5.81. The van der Waals surface area contributed by atoms with Crippen LogP contribution in [-0.4, -0.2) is 20.9 Å². The lowest BCUT2D eigenvalue weighted by Gasteiger charge is -2.18. The van der Waals surface area contributed by atoms with Gasteiger partial charge in [0.25, 0.3) is 5.91 Å². The summed E-state index contributed by atoms with van der Waals surface area (Å²) in [4.78, 5) is 13.5. The lowest BCUT2D eigenvalue weighted by Crippen LogP contribution is -2.31. The molecule has 146 valence electrons. The summed E-state index contributed by atoms with van der Waals surface area (Å²) >= 11 is 1.38. The van der Waals surface area contributed by atoms with Crippen LogP contribution in [0.5, 0.6) is 0 Å². The van der Waals surface area contributed by atoms with Crippen LogP contribution in [0.25, 0.3) is 0 Å². The number of benzene rings is 2. The highest BCUT2D eigenvalue weighted by Crippen LogP contribution is 2.32. The lowest BCUT2D eigenvalue weighted by molar-refractivity contribution is 0.0953. The van der Waals surface area contributed by atoms with Crippen LogP contribution in [0.1, 0.15) is 37.2 Å². The summed E-state index contributed by atoms with van der Waals surface area (Å²) in [6.07, 6.45) is 0. The Bertz CT molecular complexity index is 1070. The molecule has 1 atom stereocenters. The maximum Gasteiger partial charge on any atom is 0.251 e. The molecule has 1 aromatic heterocycles. The normalized spacial score (nSPS) is 12.5. The smallest absolute Gasteiger partial charge is 0.251 e. The molecule has 0 unspecified atom stereocenters. The zero-order chi connectivity index (χ0) is 20.3. The van der Waals surface area contributed by atoms with Crippen molar-refractivity contribution in [1.82, 2.24) is 5.32 Å². The number of nitrogens with one attached hydrogen (secondary N) is 1. The van der Waals surface area contributed by atoms with Crippen molar-refractivity contribution in [3.05, 3.63) is 87.1 Å². The Kier molecular flexibility index (Phi) is 6.01. The van der Waals surface area contributed by atoms with Gasteiger partial charge in [-0.05, 0) is 67.6 Å². The van der Waals surface area contributed by atoms with E-state index in [1.807, 2.05) is 50.4 Å². The Labute approximate surface area is 170 Å². The molecule has 0 radical (unpaired) electrons. The molecule has 0 fully saturated rings. The summed E-state index contributed by atoms with van der Waals surface area (Å²) in [7, 11) is -3.65. The Morgan fingerprint density at radius 3 is 2.32 bits per heavy atom. The van der Waals surface area contributed by atoms with Crippen molar-refractivity contribution in [2.24, 2.45) is 0 Å². The molecule has 1 amide bonds. The Hall–Kier alpha value is -2.44. The number of hydrogen-bond acceptors (Lipinski definition) is 4. The van der Waals surface area contributed by atoms with Gasteiger partial charge in [0.15, 0.2) is 9.84 Å². The highest BCUT2D eigenvalue weighted by atomic mass is 32.2. The fraction of sp³-hybridized carbons (Fsp3) is 0.227. The summed E-state index contributed by atoms with van der Waals surface area (Å²) in [6, 6.07) is 16.0. The number of carbonyl (C=O) groups excluding carboxylic acids is 1. The monoisotopic (exact) mass is 413 g/mol. The van der Waals surface area contributed by atoms with Gasteiger partial charge in [0.05, 0.1) is 4.90 Å². The summed E-state index contributed by atoms with van der Waals surface area (Å²) < 4.78 is 26.7. The zero-order valence-electron chi connectivity index (χ0n) is 16.1. The van der Waals surface area contributed by atoms with E-state index in [0.29, 0.717) is 10.4 Å². The molecule has 1 N–H and O–H groups in total. The van der Waals surface area contributed by atoms with Crippen LogP contribution in [0.2, 0.25) is 0 Å². The van der Waals surface area contributed by atoms with Crippen molar-refractivity contribution >= 4 is 27.1 Å². The minimum Gasteiger partial charge on any atom is -0.350 e. The molecule has 28 heavy (non-hydrogen) atoms. The van der Waals surface area contributed by atoms with Crippen LogP contribution >= 0.6 is 11.3 Å². The molecule has 0 aliphatic rings. The van der Waals surface area contributed by atoms with E-state index in [1.54, 1.807) is 30.3 Å². The van der Waals surface area contributed by atoms with Crippen LogP contribution in [0.4, 0.5) is 0 Å². The fourth-order valence-electron chi connectivity index (χ4n) is 2.89. The first-order valence-electron chi connectivity index (χ1n) is 8.98. The molecule has 0 bridgehead atoms. The highest BCUT2D eigenvalue weighted by Gasteiger charge is 2.30. The van der Waals surface area contributed by atoms with Crippen LogP contribution in [0, 0.1) is 20.8 Å². The molecule has 0 aliphatic carbocycles. The van der Waals surface area contributed by atoms with Gasteiger partial charge in [-0.3, -0.25) is 4.79 Å². The second kappa shape index (κ2) is 8.29. The molecule has 0 aliphatic heterocycles. The first-order valence-corrected chi connectivity index (χ1v) is 11.4. The molecular formula is C22H23NO3S2. The summed E-state index contributed by atoms with van der Waals surface area (Å²) in [5.41, 5.74) is 3.54. The van der Waals surface area contributed by atoms with Crippen LogP contribution < -0.4 is 5.32 Å². The standard InChI is InChI=1S/C22H23NO3S2/c1-15-6-9-18(10-7-15)22(24)23-14-21(20-5-4-12-27-20)28(25,26)19-11-8-16(2)17(3)13-19/h4-13,21H,14H2,1-3H3,(H,23,24)/t21-/m0/s1. The molecular weight excluding hydrogens is 390 g/mol. The number of sulfone groups is 1. The van der Waals surface area contributed by atoms with Gasteiger partial charge < -0.3 is 5.32 Å². The van der Waals surface area contributed by atoms with Gasteiger partial charge in [-0.2, -0.15) is 0 Å². The Balaban J connectivity index is 1.88. The predicted octanol–water partition coefficient (Wildman–Crippen LogP) is 4.62. The summed E-state index contributed by atoms with van der Waals surface area (Å²) in [5, 5.41) is 3.81. The van der Waals surface area contributed by atoms with E-state index >= 15 is 0 Å². The van der Waals surface area contributed by atoms with Crippen molar-refractivity contribution in [2.45, 2.75) is 30.9 Å². The summed E-state index contributed by atoms with van der Waals surface area (Å²) in [5.74, 6) is -0.281. The number of carbonyl (C=O) groups is 1. The second-order valence-corrected chi connectivity index (χ2v) is 9.98. The molecule has 1 heterocycles. The van der Waals surface area contributed by atoms with Crippen molar-refractivity contribution in [1.29, 1.82) is 0 Å². The van der Waals surface area contributed by atoms with Crippen LogP contribution in [0.15, 0.2) is 64.9 Å². The van der Waals surface area contributed by atoms with Gasteiger partial charge in [-0.25, -0.2) is 8.42 Å². The van der Waals surface area contributed by atoms with Crippen LogP contribution in [-0.2, 0) is 9.84 Å². The fourth-order valence-corrected chi connectivity index (χ4v) is 5.75. The van der Waals surface area contributed by atoms with Gasteiger partial charge in [0, 0.05) is 17.0 Å². The van der Waals surface area contributed by atoms with E-state index in [2.05, 4.69) is 5.32 Å². The molecule has 0 spiro atoms. The third kappa shape index (κ3) is 4.34. The van der Waals surface area contributed by atoms with Crippen molar-refractivity contribution in [3.63, 3.8) is 0 Å². The average molecular weight is 414 g/mol. The van der Waals surface area contributed by atoms with E-state index in [-0.39, 0.29) is 17.3 Å². The van der Waals surface area contributed by atoms with E-state index in [9.17, 15) is 13.2 Å². The first kappa shape index (κ1) is 20.3. The largest absolute Gasteiger partial charge is 0.350 e. The number of hydrogen-bond donors (Lipinski definition) is 1. The highest BCUT2D eigenvalue weighted by molar-refractivity contribution is 7.91. The van der Waals surface area contributed by atoms with Gasteiger partial charge in [0.2, 0.25) is 0 Å². The maximum absolute atomic E-state index is 13.3. The molecule has 0 saturated heterocycles. The minimum atomic E-state index is -3.65. The van der Waals surface area contributed by atoms with Crippen molar-refractivity contribution < 1.29 is 13.2 Å². The van der Waals surface area contributed by atoms with E-state index in [1.165, 1.54) is 11.3 Å². The Morgan fingerprint density at radius 1 is 1.00 bits per heavy atom. The maximum atomic E-state index is 13.3. The SMILES string of the molecule is Cc1ccc(C(=O)NC[C@@H](c2cccs2)S(=O)(=O)c2ccc(C)c(C)c2)cc1. The number of amides is 1. The number of aryl methyl sites for hydroxylation is 3. The predicted molar refractivity (Wildman–Crippen MR) is 114 cm³/mol. The van der Waals surface area contributed by atoms with E-state index < -0.39 is 15.1 Å². The molecule has 6 heteroatoms. The second-order valence-electron chi connectivity index (χ2n) is 6.87. The van der Waals surface area contributed by atoms with Gasteiger partial charge in [-0.15, -0.1) is 11.3 Å². The Morgan fingerprint density at radius 2 is 1.71 bits per heavy atom. The quantitative estimate of drug-likeness (QED) is 0.641. The van der Waals surface area contributed by atoms with Crippen molar-refractivity contribution in [2.75, 3.05) is 6.54 Å². The van der Waals surface area contributed by atoms with Crippen molar-refractivity contribution in [3.8, 4) is 0 Å². The number of rotatable bonds is 6. The zero-order valence-corrected chi connectivity index (χ0v) is 17.7. The average Bonchev–Trinajstić information content (AvgIpc) is 3.18. The van der Waals surface area contributed by atoms with E-state index in [0.717, 1.165) is 16.7 Å².